The molecule has 6 heteroatoms. The Bertz CT molecular complexity index is 267. The number of hydrogen-bond acceptors (Lipinski definition) is 4. The van der Waals surface area contributed by atoms with Gasteiger partial charge in [0, 0.05) is 0 Å². The van der Waals surface area contributed by atoms with E-state index in [1.807, 2.05) is 20.8 Å². The van der Waals surface area contributed by atoms with E-state index < -0.39 is 33.2 Å². The molecule has 5 nitrogen and oxygen atoms in total. The Morgan fingerprint density at radius 3 is 2.76 bits per heavy atom. The zero-order valence-electron chi connectivity index (χ0n) is 10.5. The molecule has 0 saturated carbocycles. The summed E-state index contributed by atoms with van der Waals surface area (Å²) in [6, 6.07) is 0. The predicted molar refractivity (Wildman–Crippen MR) is 59.1 cm³/mol. The number of rotatable bonds is 3. The first-order valence-electron chi connectivity index (χ1n) is 5.76. The van der Waals surface area contributed by atoms with Crippen LogP contribution in [0.2, 0.25) is 0 Å². The van der Waals surface area contributed by atoms with E-state index in [1.54, 1.807) is 3.11 Å². The second-order valence-electron chi connectivity index (χ2n) is 5.05. The fraction of sp³-hybridized carbons (Fsp3) is 0.909. The number of hydrogen-bond donors (Lipinski definition) is 2. The van der Waals surface area contributed by atoms with Gasteiger partial charge in [0.05, 0.1) is 0 Å². The molecular weight excluding hydrogens is 337 g/mol. The summed E-state index contributed by atoms with van der Waals surface area (Å²) in [6.07, 6.45) is 0.449. The Hall–Kier alpha value is -0.0800. The van der Waals surface area contributed by atoms with E-state index in [-0.39, 0.29) is 16.6 Å². The van der Waals surface area contributed by atoms with Gasteiger partial charge in [-0.15, -0.1) is 0 Å². The van der Waals surface area contributed by atoms with Crippen LogP contribution >= 0.6 is 0 Å². The van der Waals surface area contributed by atoms with Gasteiger partial charge in [-0.25, -0.2) is 0 Å². The first-order valence-corrected chi connectivity index (χ1v) is 7.97. The predicted octanol–water partition coefficient (Wildman–Crippen LogP) is -2.26. The molecule has 0 aromatic heterocycles. The van der Waals surface area contributed by atoms with Crippen molar-refractivity contribution in [2.45, 2.75) is 49.2 Å². The van der Waals surface area contributed by atoms with Crippen LogP contribution in [-0.2, 0) is 4.74 Å². The van der Waals surface area contributed by atoms with Crippen LogP contribution in [0.1, 0.15) is 33.6 Å². The third kappa shape index (κ3) is 4.97. The van der Waals surface area contributed by atoms with Gasteiger partial charge in [-0.2, -0.15) is 0 Å². The Balaban J connectivity index is 2.42. The Morgan fingerprint density at radius 2 is 2.24 bits per heavy atom. The minimum atomic E-state index is -0.540. The molecule has 1 aliphatic heterocycles. The first kappa shape index (κ1) is 15.0. The van der Waals surface area contributed by atoms with E-state index >= 15 is 0 Å². The van der Waals surface area contributed by atoms with Crippen LogP contribution < -0.4 is 21.5 Å². The van der Waals surface area contributed by atoms with Crippen molar-refractivity contribution in [2.24, 2.45) is 0 Å². The molecule has 0 unspecified atom stereocenters. The minimum absolute atomic E-state index is 0.00611. The molecule has 1 aliphatic rings. The first-order chi connectivity index (χ1) is 7.83. The molecule has 0 spiro atoms. The van der Waals surface area contributed by atoms with Crippen LogP contribution in [0.4, 0.5) is 4.79 Å². The van der Waals surface area contributed by atoms with Crippen LogP contribution in [-0.4, -0.2) is 48.2 Å². The summed E-state index contributed by atoms with van der Waals surface area (Å²) in [4.78, 5) is 11.8. The number of alkyl halides is 1. The summed E-state index contributed by atoms with van der Waals surface area (Å²) in [5.74, 6) is 0. The van der Waals surface area contributed by atoms with Crippen LogP contribution in [0.25, 0.3) is 0 Å². The molecule has 1 saturated heterocycles. The molecule has 0 radical (unpaired) electrons. The van der Waals surface area contributed by atoms with Crippen molar-refractivity contribution < 1.29 is 41.2 Å². The van der Waals surface area contributed by atoms with Gasteiger partial charge >= 0.3 is 113 Å². The summed E-state index contributed by atoms with van der Waals surface area (Å²) >= 11 is -0.540. The second kappa shape index (κ2) is 6.19. The van der Waals surface area contributed by atoms with Crippen molar-refractivity contribution in [2.75, 3.05) is 13.2 Å². The van der Waals surface area contributed by atoms with Crippen molar-refractivity contribution in [3.63, 3.8) is 0 Å². The van der Waals surface area contributed by atoms with Crippen molar-refractivity contribution >= 4 is 6.09 Å². The Kier molecular flexibility index (Phi) is 5.46. The number of aliphatic hydroxyl groups is 2. The van der Waals surface area contributed by atoms with Gasteiger partial charge in [-0.1, -0.05) is 0 Å². The molecule has 0 aromatic carbocycles. The number of aliphatic hydroxyl groups excluding tert-OH is 2. The monoisotopic (exact) mass is 358 g/mol. The summed E-state index contributed by atoms with van der Waals surface area (Å²) in [6.45, 7) is 6.19. The van der Waals surface area contributed by atoms with E-state index in [0.29, 0.717) is 13.0 Å². The number of halogens is 1. The molecule has 17 heavy (non-hydrogen) atoms. The van der Waals surface area contributed by atoms with Gasteiger partial charge in [0.1, 0.15) is 0 Å². The summed E-state index contributed by atoms with van der Waals surface area (Å²) in [5.41, 5.74) is -0.470. The average molecular weight is 358 g/mol. The Morgan fingerprint density at radius 1 is 1.59 bits per heavy atom. The number of carbonyl (C=O) groups is 1. The van der Waals surface area contributed by atoms with Gasteiger partial charge in [-0.3, -0.25) is 0 Å². The molecule has 1 fully saturated rings. The van der Waals surface area contributed by atoms with Gasteiger partial charge in [0.25, 0.3) is 0 Å². The maximum atomic E-state index is 11.8. The van der Waals surface area contributed by atoms with E-state index in [2.05, 4.69) is 0 Å². The van der Waals surface area contributed by atoms with Crippen molar-refractivity contribution in [1.29, 1.82) is 0 Å². The SMILES string of the molecule is CC(C)(C)OC(=O)N1CC[C@H]([C@H](O)CCO)[I-]1. The van der Waals surface area contributed by atoms with Crippen LogP contribution in [0.15, 0.2) is 0 Å². The van der Waals surface area contributed by atoms with Crippen molar-refractivity contribution in [3.05, 3.63) is 0 Å². The molecule has 1 rings (SSSR count). The molecule has 0 aromatic rings. The molecule has 1 heterocycles. The van der Waals surface area contributed by atoms with Crippen LogP contribution in [0, 0.1) is 0 Å². The number of ether oxygens (including phenoxy) is 1. The van der Waals surface area contributed by atoms with Crippen LogP contribution in [0.5, 0.6) is 0 Å². The number of amides is 1. The van der Waals surface area contributed by atoms with E-state index in [0.717, 1.165) is 6.42 Å². The summed E-state index contributed by atoms with van der Waals surface area (Å²) < 4.78 is 7.19. The van der Waals surface area contributed by atoms with Gasteiger partial charge in [-0.05, 0) is 0 Å². The molecule has 102 valence electrons. The molecule has 2 atom stereocenters. The molecule has 0 bridgehead atoms. The van der Waals surface area contributed by atoms with Crippen molar-refractivity contribution in [1.82, 2.24) is 3.11 Å². The summed E-state index contributed by atoms with van der Waals surface area (Å²) in [7, 11) is 0. The topological polar surface area (TPSA) is 70.0 Å². The van der Waals surface area contributed by atoms with Crippen molar-refractivity contribution in [3.8, 4) is 0 Å². The van der Waals surface area contributed by atoms with E-state index in [1.165, 1.54) is 0 Å². The fourth-order valence-electron chi connectivity index (χ4n) is 1.50. The van der Waals surface area contributed by atoms with Crippen LogP contribution in [0.3, 0.4) is 0 Å². The zero-order valence-corrected chi connectivity index (χ0v) is 12.7. The molecule has 2 N–H and O–H groups in total. The van der Waals surface area contributed by atoms with Gasteiger partial charge in [0.2, 0.25) is 0 Å². The maximum absolute atomic E-state index is 11.8. The fourth-order valence-corrected chi connectivity index (χ4v) is 4.53. The third-order valence-corrected chi connectivity index (χ3v) is 6.00. The summed E-state index contributed by atoms with van der Waals surface area (Å²) in [5, 5.41) is 18.5. The molecule has 1 amide bonds. The van der Waals surface area contributed by atoms with Gasteiger partial charge < -0.3 is 0 Å². The third-order valence-electron chi connectivity index (χ3n) is 2.28. The standard InChI is InChI=1S/C11H21INO4/c1-11(2,3)17-10(16)13-6-4-8(12-13)9(15)5-7-14/h8-9,14-15H,4-7H2,1-3H3/q-1/t8-,9-/m1/s1. The Labute approximate surface area is 113 Å². The second-order valence-corrected chi connectivity index (χ2v) is 8.37. The zero-order chi connectivity index (χ0) is 13.1. The normalized spacial score (nSPS) is 23.1. The molecule has 0 aliphatic carbocycles. The van der Waals surface area contributed by atoms with E-state index in [4.69, 9.17) is 9.84 Å². The number of carbonyl (C=O) groups excluding carboxylic acids is 1. The number of nitrogens with zero attached hydrogens (tertiary/aromatic N) is 1. The van der Waals surface area contributed by atoms with E-state index in [9.17, 15) is 9.90 Å². The molecular formula is C11H21INO4-. The quantitative estimate of drug-likeness (QED) is 0.340. The average Bonchev–Trinajstić information content (AvgIpc) is 2.63. The van der Waals surface area contributed by atoms with Gasteiger partial charge in [0.15, 0.2) is 0 Å².